The van der Waals surface area contributed by atoms with E-state index in [0.29, 0.717) is 23.4 Å². The minimum atomic E-state index is -2.63. The molecule has 0 saturated carbocycles. The van der Waals surface area contributed by atoms with E-state index in [-0.39, 0.29) is 11.2 Å². The Morgan fingerprint density at radius 1 is 1.11 bits per heavy atom. The minimum absolute atomic E-state index is 0.124. The summed E-state index contributed by atoms with van der Waals surface area (Å²) in [5.41, 5.74) is 0.455. The average Bonchev–Trinajstić information content (AvgIpc) is 3.24. The summed E-state index contributed by atoms with van der Waals surface area (Å²) in [6.07, 6.45) is 3.53. The van der Waals surface area contributed by atoms with Gasteiger partial charge in [-0.05, 0) is 68.8 Å². The highest BCUT2D eigenvalue weighted by atomic mass is 16.5. The Morgan fingerprint density at radius 3 is 2.67 bits per heavy atom. The third kappa shape index (κ3) is 3.88. The van der Waals surface area contributed by atoms with Gasteiger partial charge in [0.05, 0.1) is 17.5 Å². The molecule has 0 atom stereocenters. The van der Waals surface area contributed by atoms with Gasteiger partial charge in [0.15, 0.2) is 0 Å². The van der Waals surface area contributed by atoms with Crippen LogP contribution in [0.2, 0.25) is 0 Å². The summed E-state index contributed by atoms with van der Waals surface area (Å²) in [5.74, 6) is 0.836. The van der Waals surface area contributed by atoms with Crippen molar-refractivity contribution in [3.8, 4) is 17.1 Å². The lowest BCUT2D eigenvalue weighted by molar-refractivity contribution is 0.263. The second-order valence-corrected chi connectivity index (χ2v) is 6.87. The van der Waals surface area contributed by atoms with Crippen molar-refractivity contribution >= 4 is 10.9 Å². The fourth-order valence-electron chi connectivity index (χ4n) is 3.51. The van der Waals surface area contributed by atoms with Gasteiger partial charge in [-0.2, -0.15) is 0 Å². The Hall–Kier alpha value is -2.66. The summed E-state index contributed by atoms with van der Waals surface area (Å²) in [4.78, 5) is 19.8. The number of likely N-dealkylation sites (tertiary alicyclic amines) is 1. The van der Waals surface area contributed by atoms with Crippen LogP contribution in [0.1, 0.15) is 23.4 Å². The standard InChI is InChI=1S/C22H25N3O2/c1-24-21(23-20-8-3-2-7-19(20)22(24)26)17-9-11-18(12-10-17)27-16-6-15-25-13-4-5-14-25/h2-3,7-12H,4-6,13-16H2,1H3/i1T3. The molecule has 0 amide bonds. The Kier molecular flexibility index (Phi) is 4.23. The number of para-hydroxylation sites is 1. The fourth-order valence-corrected chi connectivity index (χ4v) is 3.51. The van der Waals surface area contributed by atoms with Crippen LogP contribution in [0.3, 0.4) is 0 Å². The van der Waals surface area contributed by atoms with Gasteiger partial charge in [0, 0.05) is 23.2 Å². The van der Waals surface area contributed by atoms with Crippen LogP contribution in [-0.2, 0) is 6.98 Å². The second kappa shape index (κ2) is 7.92. The molecule has 1 aromatic heterocycles. The zero-order valence-electron chi connectivity index (χ0n) is 18.2. The zero-order valence-corrected chi connectivity index (χ0v) is 15.2. The third-order valence-corrected chi connectivity index (χ3v) is 4.97. The van der Waals surface area contributed by atoms with Gasteiger partial charge < -0.3 is 9.64 Å². The van der Waals surface area contributed by atoms with Crippen molar-refractivity contribution in [3.63, 3.8) is 0 Å². The van der Waals surface area contributed by atoms with Gasteiger partial charge in [-0.3, -0.25) is 9.36 Å². The van der Waals surface area contributed by atoms with Gasteiger partial charge in [0.25, 0.3) is 5.56 Å². The molecule has 2 aromatic carbocycles. The molecule has 5 nitrogen and oxygen atoms in total. The van der Waals surface area contributed by atoms with Gasteiger partial charge >= 0.3 is 0 Å². The SMILES string of the molecule is [3H]C([3H])([3H])n1c(-c2ccc(OCCCN3CCCC3)cc2)nc2ccccc2c1=O. The molecular formula is C22H25N3O2. The molecule has 4 rings (SSSR count). The fraction of sp³-hybridized carbons (Fsp3) is 0.364. The number of aromatic nitrogens is 2. The lowest BCUT2D eigenvalue weighted by Gasteiger charge is -2.14. The van der Waals surface area contributed by atoms with Crippen molar-refractivity contribution in [2.75, 3.05) is 26.2 Å². The molecule has 1 aliphatic rings. The van der Waals surface area contributed by atoms with E-state index in [2.05, 4.69) is 9.88 Å². The second-order valence-electron chi connectivity index (χ2n) is 6.87. The number of benzene rings is 2. The summed E-state index contributed by atoms with van der Waals surface area (Å²) < 4.78 is 30.1. The summed E-state index contributed by atoms with van der Waals surface area (Å²) in [5, 5.41) is 0.287. The number of hydrogen-bond acceptors (Lipinski definition) is 4. The average molecular weight is 369 g/mol. The zero-order chi connectivity index (χ0) is 21.1. The van der Waals surface area contributed by atoms with Crippen molar-refractivity contribution in [1.82, 2.24) is 14.5 Å². The predicted octanol–water partition coefficient (Wildman–Crippen LogP) is 3.47. The molecule has 1 fully saturated rings. The smallest absolute Gasteiger partial charge is 0.261 e. The van der Waals surface area contributed by atoms with Crippen molar-refractivity contribution < 1.29 is 8.85 Å². The lowest BCUT2D eigenvalue weighted by Crippen LogP contribution is -2.21. The quantitative estimate of drug-likeness (QED) is 0.624. The van der Waals surface area contributed by atoms with Crippen LogP contribution in [0, 0.1) is 0 Å². The van der Waals surface area contributed by atoms with E-state index in [1.807, 2.05) is 0 Å². The predicted molar refractivity (Wildman–Crippen MR) is 108 cm³/mol. The van der Waals surface area contributed by atoms with Gasteiger partial charge in [0.1, 0.15) is 11.6 Å². The molecule has 0 bridgehead atoms. The molecule has 0 aliphatic carbocycles. The highest BCUT2D eigenvalue weighted by molar-refractivity contribution is 5.79. The first-order chi connectivity index (χ1) is 14.4. The van der Waals surface area contributed by atoms with E-state index in [0.717, 1.165) is 17.5 Å². The van der Waals surface area contributed by atoms with E-state index in [9.17, 15) is 4.79 Å². The van der Waals surface area contributed by atoms with Crippen molar-refractivity contribution in [1.29, 1.82) is 0 Å². The molecule has 0 radical (unpaired) electrons. The van der Waals surface area contributed by atoms with E-state index < -0.39 is 12.5 Å². The molecule has 27 heavy (non-hydrogen) atoms. The Bertz CT molecular complexity index is 1070. The first kappa shape index (κ1) is 14.4. The van der Waals surface area contributed by atoms with Crippen LogP contribution >= 0.6 is 0 Å². The van der Waals surface area contributed by atoms with Crippen LogP contribution in [0.4, 0.5) is 0 Å². The first-order valence-electron chi connectivity index (χ1n) is 10.9. The van der Waals surface area contributed by atoms with E-state index in [1.165, 1.54) is 25.9 Å². The highest BCUT2D eigenvalue weighted by Gasteiger charge is 2.11. The van der Waals surface area contributed by atoms with Crippen LogP contribution in [0.5, 0.6) is 5.75 Å². The molecule has 2 heterocycles. The molecule has 5 heteroatoms. The molecule has 1 saturated heterocycles. The van der Waals surface area contributed by atoms with E-state index >= 15 is 0 Å². The van der Waals surface area contributed by atoms with Gasteiger partial charge in [-0.1, -0.05) is 12.1 Å². The van der Waals surface area contributed by atoms with Crippen LogP contribution < -0.4 is 10.3 Å². The van der Waals surface area contributed by atoms with Crippen LogP contribution in [-0.4, -0.2) is 40.7 Å². The van der Waals surface area contributed by atoms with Gasteiger partial charge in [0.2, 0.25) is 0 Å². The maximum atomic E-state index is 12.9. The monoisotopic (exact) mass is 369 g/mol. The maximum Gasteiger partial charge on any atom is 0.261 e. The van der Waals surface area contributed by atoms with E-state index in [4.69, 9.17) is 8.85 Å². The molecule has 0 N–H and O–H groups in total. The molecule has 1 aliphatic heterocycles. The molecular weight excluding hydrogens is 338 g/mol. The Balaban J connectivity index is 1.55. The molecule has 3 aromatic rings. The summed E-state index contributed by atoms with van der Waals surface area (Å²) >= 11 is 0. The van der Waals surface area contributed by atoms with Crippen molar-refractivity contribution in [2.24, 2.45) is 6.98 Å². The minimum Gasteiger partial charge on any atom is -0.494 e. The number of fused-ring (bicyclic) bond motifs is 1. The molecule has 0 spiro atoms. The Morgan fingerprint density at radius 2 is 1.89 bits per heavy atom. The number of ether oxygens (including phenoxy) is 1. The number of nitrogens with zero attached hydrogens (tertiary/aromatic N) is 3. The lowest BCUT2D eigenvalue weighted by atomic mass is 10.1. The van der Waals surface area contributed by atoms with Crippen LogP contribution in [0.15, 0.2) is 53.3 Å². The first-order valence-corrected chi connectivity index (χ1v) is 9.41. The van der Waals surface area contributed by atoms with Crippen LogP contribution in [0.25, 0.3) is 22.3 Å². The van der Waals surface area contributed by atoms with E-state index in [1.54, 1.807) is 48.5 Å². The number of hydrogen-bond donors (Lipinski definition) is 0. The number of rotatable bonds is 6. The Labute approximate surface area is 163 Å². The molecule has 0 unspecified atom stereocenters. The summed E-state index contributed by atoms with van der Waals surface area (Å²) in [6.45, 7) is 1.40. The summed E-state index contributed by atoms with van der Waals surface area (Å²) in [7, 11) is 0. The largest absolute Gasteiger partial charge is 0.494 e. The van der Waals surface area contributed by atoms with Gasteiger partial charge in [-0.15, -0.1) is 0 Å². The summed E-state index contributed by atoms with van der Waals surface area (Å²) in [6, 6.07) is 13.8. The molecule has 140 valence electrons. The van der Waals surface area contributed by atoms with Gasteiger partial charge in [-0.25, -0.2) is 4.98 Å². The highest BCUT2D eigenvalue weighted by Crippen LogP contribution is 2.21. The topological polar surface area (TPSA) is 47.4 Å². The maximum absolute atomic E-state index is 12.9. The van der Waals surface area contributed by atoms with Crippen molar-refractivity contribution in [3.05, 3.63) is 58.9 Å². The third-order valence-electron chi connectivity index (χ3n) is 4.97. The normalized spacial score (nSPS) is 16.8. The van der Waals surface area contributed by atoms with Crippen molar-refractivity contribution in [2.45, 2.75) is 19.3 Å².